The van der Waals surface area contributed by atoms with Crippen LogP contribution in [0.1, 0.15) is 40.1 Å². The van der Waals surface area contributed by atoms with Crippen molar-refractivity contribution in [2.24, 2.45) is 0 Å². The van der Waals surface area contributed by atoms with E-state index in [0.717, 1.165) is 49.4 Å². The van der Waals surface area contributed by atoms with Crippen LogP contribution in [-0.2, 0) is 17.6 Å². The van der Waals surface area contributed by atoms with E-state index in [4.69, 9.17) is 4.74 Å². The van der Waals surface area contributed by atoms with E-state index in [2.05, 4.69) is 17.4 Å². The molecule has 1 aliphatic heterocycles. The first-order chi connectivity index (χ1) is 13.2. The van der Waals surface area contributed by atoms with Crippen molar-refractivity contribution >= 4 is 23.2 Å². The number of thiophene rings is 1. The number of amides is 2. The zero-order chi connectivity index (χ0) is 18.8. The second-order valence-electron chi connectivity index (χ2n) is 7.11. The van der Waals surface area contributed by atoms with Crippen LogP contribution in [-0.4, -0.2) is 43.5 Å². The van der Waals surface area contributed by atoms with Gasteiger partial charge in [-0.2, -0.15) is 0 Å². The van der Waals surface area contributed by atoms with Crippen molar-refractivity contribution in [2.45, 2.75) is 32.1 Å². The number of rotatable bonds is 4. The maximum absolute atomic E-state index is 12.6. The van der Waals surface area contributed by atoms with E-state index in [0.29, 0.717) is 4.88 Å². The number of hydrogen-bond donors (Lipinski definition) is 1. The van der Waals surface area contributed by atoms with Crippen molar-refractivity contribution in [1.29, 1.82) is 0 Å². The molecule has 0 radical (unpaired) electrons. The standard InChI is InChI=1S/C21H24N2O3S/c1-26-16-7-8-17-14(11-16)5-6-15-12-18(27-20(15)17)21(25)22-13-19(24)23-9-3-2-4-10-23/h7-8,11-12H,2-6,9-10,13H2,1H3,(H,22,25). The zero-order valence-corrected chi connectivity index (χ0v) is 16.4. The van der Waals surface area contributed by atoms with Crippen LogP contribution in [0.5, 0.6) is 5.75 Å². The van der Waals surface area contributed by atoms with Crippen molar-refractivity contribution in [3.05, 3.63) is 40.3 Å². The highest BCUT2D eigenvalue weighted by molar-refractivity contribution is 7.17. The van der Waals surface area contributed by atoms with Crippen LogP contribution in [0.4, 0.5) is 0 Å². The normalized spacial score (nSPS) is 15.7. The topological polar surface area (TPSA) is 58.6 Å². The number of fused-ring (bicyclic) bond motifs is 3. The van der Waals surface area contributed by atoms with E-state index < -0.39 is 0 Å². The molecule has 1 aromatic carbocycles. The zero-order valence-electron chi connectivity index (χ0n) is 15.5. The Hall–Kier alpha value is -2.34. The van der Waals surface area contributed by atoms with Gasteiger partial charge in [0, 0.05) is 18.0 Å². The van der Waals surface area contributed by atoms with Gasteiger partial charge in [0.2, 0.25) is 5.91 Å². The number of nitrogens with zero attached hydrogens (tertiary/aromatic N) is 1. The van der Waals surface area contributed by atoms with Crippen LogP contribution in [0.15, 0.2) is 24.3 Å². The third-order valence-corrected chi connectivity index (χ3v) is 6.57. The third-order valence-electron chi connectivity index (χ3n) is 5.36. The highest BCUT2D eigenvalue weighted by Gasteiger charge is 2.23. The predicted molar refractivity (Wildman–Crippen MR) is 106 cm³/mol. The maximum Gasteiger partial charge on any atom is 0.261 e. The molecule has 4 rings (SSSR count). The van der Waals surface area contributed by atoms with Crippen molar-refractivity contribution < 1.29 is 14.3 Å². The highest BCUT2D eigenvalue weighted by atomic mass is 32.1. The van der Waals surface area contributed by atoms with Gasteiger partial charge in [0.25, 0.3) is 5.91 Å². The van der Waals surface area contributed by atoms with E-state index in [1.165, 1.54) is 34.4 Å². The van der Waals surface area contributed by atoms with Gasteiger partial charge < -0.3 is 15.0 Å². The Morgan fingerprint density at radius 3 is 2.67 bits per heavy atom. The quantitative estimate of drug-likeness (QED) is 0.880. The lowest BCUT2D eigenvalue weighted by Crippen LogP contribution is -2.42. The van der Waals surface area contributed by atoms with E-state index in [1.54, 1.807) is 7.11 Å². The first-order valence-corrected chi connectivity index (χ1v) is 10.3. The minimum absolute atomic E-state index is 0.0156. The van der Waals surface area contributed by atoms with E-state index in [-0.39, 0.29) is 18.4 Å². The number of piperidine rings is 1. The predicted octanol–water partition coefficient (Wildman–Crippen LogP) is 3.26. The Balaban J connectivity index is 1.45. The molecule has 0 saturated carbocycles. The molecule has 1 saturated heterocycles. The Bertz CT molecular complexity index is 868. The van der Waals surface area contributed by atoms with Gasteiger partial charge in [0.15, 0.2) is 0 Å². The molecule has 1 N–H and O–H groups in total. The van der Waals surface area contributed by atoms with Crippen LogP contribution >= 0.6 is 11.3 Å². The molecule has 27 heavy (non-hydrogen) atoms. The van der Waals surface area contributed by atoms with E-state index >= 15 is 0 Å². The smallest absolute Gasteiger partial charge is 0.261 e. The summed E-state index contributed by atoms with van der Waals surface area (Å²) in [5.74, 6) is 0.722. The summed E-state index contributed by atoms with van der Waals surface area (Å²) in [4.78, 5) is 28.5. The lowest BCUT2D eigenvalue weighted by Gasteiger charge is -2.26. The Kier molecular flexibility index (Phi) is 5.16. The summed E-state index contributed by atoms with van der Waals surface area (Å²) in [7, 11) is 1.68. The number of benzene rings is 1. The van der Waals surface area contributed by atoms with Gasteiger partial charge in [-0.05, 0) is 73.1 Å². The summed E-state index contributed by atoms with van der Waals surface area (Å²) in [6, 6.07) is 8.10. The number of carbonyl (C=O) groups is 2. The first-order valence-electron chi connectivity index (χ1n) is 9.51. The lowest BCUT2D eigenvalue weighted by molar-refractivity contribution is -0.130. The highest BCUT2D eigenvalue weighted by Crippen LogP contribution is 2.40. The second-order valence-corrected chi connectivity index (χ2v) is 8.16. The molecule has 0 unspecified atom stereocenters. The van der Waals surface area contributed by atoms with Gasteiger partial charge in [-0.3, -0.25) is 9.59 Å². The molecule has 0 spiro atoms. The second kappa shape index (κ2) is 7.72. The fraction of sp³-hybridized carbons (Fsp3) is 0.429. The van der Waals surface area contributed by atoms with Gasteiger partial charge in [0.05, 0.1) is 18.5 Å². The Morgan fingerprint density at radius 1 is 1.11 bits per heavy atom. The monoisotopic (exact) mass is 384 g/mol. The fourth-order valence-corrected chi connectivity index (χ4v) is 5.03. The van der Waals surface area contributed by atoms with E-state index in [9.17, 15) is 9.59 Å². The number of hydrogen-bond acceptors (Lipinski definition) is 4. The molecule has 1 aliphatic carbocycles. The molecule has 2 aliphatic rings. The summed E-state index contributed by atoms with van der Waals surface area (Å²) in [5, 5.41) is 2.81. The lowest BCUT2D eigenvalue weighted by atomic mass is 9.91. The van der Waals surface area contributed by atoms with Gasteiger partial charge in [0.1, 0.15) is 5.75 Å². The molecule has 5 nitrogen and oxygen atoms in total. The van der Waals surface area contributed by atoms with Crippen molar-refractivity contribution in [3.8, 4) is 16.2 Å². The molecule has 0 atom stereocenters. The Morgan fingerprint density at radius 2 is 1.89 bits per heavy atom. The van der Waals surface area contributed by atoms with Crippen molar-refractivity contribution in [2.75, 3.05) is 26.7 Å². The number of methoxy groups -OCH3 is 1. The number of likely N-dealkylation sites (tertiary alicyclic amines) is 1. The molecule has 6 heteroatoms. The summed E-state index contributed by atoms with van der Waals surface area (Å²) in [6.07, 6.45) is 5.17. The van der Waals surface area contributed by atoms with Crippen LogP contribution in [0, 0.1) is 0 Å². The van der Waals surface area contributed by atoms with E-state index in [1.807, 2.05) is 17.0 Å². The molecule has 1 aromatic heterocycles. The van der Waals surface area contributed by atoms with Gasteiger partial charge in [-0.1, -0.05) is 0 Å². The van der Waals surface area contributed by atoms with Gasteiger partial charge in [-0.15, -0.1) is 11.3 Å². The van der Waals surface area contributed by atoms with Crippen LogP contribution < -0.4 is 10.1 Å². The molecule has 0 bridgehead atoms. The third kappa shape index (κ3) is 3.72. The van der Waals surface area contributed by atoms with Crippen molar-refractivity contribution in [3.63, 3.8) is 0 Å². The molecule has 142 valence electrons. The summed E-state index contributed by atoms with van der Waals surface area (Å²) in [5.41, 5.74) is 3.66. The number of carbonyl (C=O) groups excluding carboxylic acids is 2. The molecular weight excluding hydrogens is 360 g/mol. The minimum atomic E-state index is -0.158. The minimum Gasteiger partial charge on any atom is -0.497 e. The Labute approximate surface area is 163 Å². The summed E-state index contributed by atoms with van der Waals surface area (Å²) < 4.78 is 5.32. The van der Waals surface area contributed by atoms with Gasteiger partial charge >= 0.3 is 0 Å². The fourth-order valence-electron chi connectivity index (χ4n) is 3.85. The number of aryl methyl sites for hydroxylation is 2. The largest absolute Gasteiger partial charge is 0.497 e. The maximum atomic E-state index is 12.6. The summed E-state index contributed by atoms with van der Waals surface area (Å²) in [6.45, 7) is 1.69. The molecule has 2 amide bonds. The molecular formula is C21H24N2O3S. The SMILES string of the molecule is COc1ccc2c(c1)CCc1cc(C(=O)NCC(=O)N3CCCCC3)sc1-2. The molecule has 1 fully saturated rings. The summed E-state index contributed by atoms with van der Waals surface area (Å²) >= 11 is 1.51. The first kappa shape index (κ1) is 18.0. The van der Waals surface area contributed by atoms with Crippen LogP contribution in [0.3, 0.4) is 0 Å². The van der Waals surface area contributed by atoms with Gasteiger partial charge in [-0.25, -0.2) is 0 Å². The molecule has 2 aromatic rings. The van der Waals surface area contributed by atoms with Crippen molar-refractivity contribution in [1.82, 2.24) is 10.2 Å². The number of nitrogens with one attached hydrogen (secondary N) is 1. The average molecular weight is 385 g/mol. The average Bonchev–Trinajstić information content (AvgIpc) is 3.16. The number of ether oxygens (including phenoxy) is 1. The van der Waals surface area contributed by atoms with Crippen LogP contribution in [0.2, 0.25) is 0 Å². The van der Waals surface area contributed by atoms with Crippen LogP contribution in [0.25, 0.3) is 10.4 Å². The molecule has 2 heterocycles.